The number of phenols is 1. The number of phenolic OH excluding ortho intramolecular Hbond substituents is 1. The van der Waals surface area contributed by atoms with Gasteiger partial charge in [-0.2, -0.15) is 0 Å². The highest BCUT2D eigenvalue weighted by atomic mass is 16.3. The molecule has 0 saturated heterocycles. The molecule has 0 spiro atoms. The van der Waals surface area contributed by atoms with Crippen LogP contribution in [0.1, 0.15) is 0 Å². The van der Waals surface area contributed by atoms with Crippen molar-refractivity contribution >= 4 is 32.9 Å². The van der Waals surface area contributed by atoms with Gasteiger partial charge < -0.3 is 5.11 Å². The van der Waals surface area contributed by atoms with Crippen molar-refractivity contribution in [1.29, 1.82) is 0 Å². The van der Waals surface area contributed by atoms with Gasteiger partial charge in [-0.05, 0) is 23.6 Å². The summed E-state index contributed by atoms with van der Waals surface area (Å²) in [7, 11) is 0. The highest BCUT2D eigenvalue weighted by Gasteiger charge is 2.04. The Labute approximate surface area is 133 Å². The third-order valence-corrected chi connectivity index (χ3v) is 3.91. The third-order valence-electron chi connectivity index (χ3n) is 3.91. The molecule has 0 radical (unpaired) electrons. The molecule has 1 N–H and O–H groups in total. The molecule has 0 saturated carbocycles. The highest BCUT2D eigenvalue weighted by Crippen LogP contribution is 2.34. The second-order valence-electron chi connectivity index (χ2n) is 5.35. The summed E-state index contributed by atoms with van der Waals surface area (Å²) in [5.41, 5.74) is 1.58. The Hall–Kier alpha value is -3.20. The Morgan fingerprint density at radius 3 is 1.96 bits per heavy atom. The molecule has 4 rings (SSSR count). The molecule has 0 aliphatic carbocycles. The molecule has 0 aliphatic heterocycles. The molecule has 110 valence electrons. The third kappa shape index (κ3) is 2.42. The minimum atomic E-state index is 0.254. The second kappa shape index (κ2) is 5.54. The molecule has 0 amide bonds. The molecule has 0 atom stereocenters. The normalized spacial score (nSPS) is 11.5. The summed E-state index contributed by atoms with van der Waals surface area (Å²) in [6.07, 6.45) is 0. The van der Waals surface area contributed by atoms with Gasteiger partial charge in [-0.1, -0.05) is 60.7 Å². The van der Waals surface area contributed by atoms with Crippen LogP contribution in [0.15, 0.2) is 89.1 Å². The van der Waals surface area contributed by atoms with Gasteiger partial charge in [0, 0.05) is 16.2 Å². The minimum absolute atomic E-state index is 0.254. The van der Waals surface area contributed by atoms with Crippen molar-refractivity contribution in [3.8, 4) is 5.75 Å². The van der Waals surface area contributed by atoms with Gasteiger partial charge in [-0.3, -0.25) is 0 Å². The number of hydrogen-bond donors (Lipinski definition) is 1. The zero-order valence-corrected chi connectivity index (χ0v) is 12.3. The first kappa shape index (κ1) is 13.5. The van der Waals surface area contributed by atoms with E-state index in [1.807, 2.05) is 54.6 Å². The predicted octanol–water partition coefficient (Wildman–Crippen LogP) is 6.11. The number of fused-ring (bicyclic) bond motifs is 2. The monoisotopic (exact) mass is 298 g/mol. The lowest BCUT2D eigenvalue weighted by Gasteiger charge is -2.04. The van der Waals surface area contributed by atoms with Crippen molar-refractivity contribution in [2.24, 2.45) is 10.2 Å². The van der Waals surface area contributed by atoms with E-state index in [0.29, 0.717) is 0 Å². The fraction of sp³-hybridized carbons (Fsp3) is 0. The number of benzene rings is 4. The highest BCUT2D eigenvalue weighted by molar-refractivity contribution is 5.96. The van der Waals surface area contributed by atoms with Crippen molar-refractivity contribution in [3.63, 3.8) is 0 Å². The van der Waals surface area contributed by atoms with Crippen LogP contribution in [0.5, 0.6) is 5.75 Å². The maximum Gasteiger partial charge on any atom is 0.123 e. The molecule has 3 nitrogen and oxygen atoms in total. The lowest BCUT2D eigenvalue weighted by atomic mass is 10.1. The average molecular weight is 298 g/mol. The van der Waals surface area contributed by atoms with Crippen LogP contribution in [0, 0.1) is 0 Å². The smallest absolute Gasteiger partial charge is 0.123 e. The summed E-state index contributed by atoms with van der Waals surface area (Å²) in [5.74, 6) is 0.254. The summed E-state index contributed by atoms with van der Waals surface area (Å²) in [5, 5.41) is 22.7. The van der Waals surface area contributed by atoms with Gasteiger partial charge in [0.2, 0.25) is 0 Å². The molecule has 0 aromatic heterocycles. The number of rotatable bonds is 2. The van der Waals surface area contributed by atoms with Crippen LogP contribution in [0.3, 0.4) is 0 Å². The molecular weight excluding hydrogens is 284 g/mol. The Balaban J connectivity index is 1.84. The van der Waals surface area contributed by atoms with E-state index >= 15 is 0 Å². The summed E-state index contributed by atoms with van der Waals surface area (Å²) in [4.78, 5) is 0. The summed E-state index contributed by atoms with van der Waals surface area (Å²) in [6.45, 7) is 0. The molecule has 0 heterocycles. The first-order valence-corrected chi connectivity index (χ1v) is 7.43. The first-order chi connectivity index (χ1) is 11.3. The topological polar surface area (TPSA) is 45.0 Å². The van der Waals surface area contributed by atoms with Gasteiger partial charge in [0.25, 0.3) is 0 Å². The second-order valence-corrected chi connectivity index (χ2v) is 5.35. The molecular formula is C20H14N2O. The Morgan fingerprint density at radius 1 is 0.522 bits per heavy atom. The predicted molar refractivity (Wildman–Crippen MR) is 93.7 cm³/mol. The summed E-state index contributed by atoms with van der Waals surface area (Å²) >= 11 is 0. The molecule has 4 aromatic carbocycles. The Bertz CT molecular complexity index is 1030. The minimum Gasteiger partial charge on any atom is -0.507 e. The maximum absolute atomic E-state index is 9.95. The van der Waals surface area contributed by atoms with Gasteiger partial charge >= 0.3 is 0 Å². The fourth-order valence-corrected chi connectivity index (χ4v) is 2.76. The van der Waals surface area contributed by atoms with Crippen LogP contribution < -0.4 is 0 Å². The van der Waals surface area contributed by atoms with Crippen LogP contribution in [-0.2, 0) is 0 Å². The standard InChI is InChI=1S/C20H14N2O/c23-20-13-12-19(16-9-3-4-10-17(16)20)22-21-18-11-5-7-14-6-1-2-8-15(14)18/h1-13,23H. The van der Waals surface area contributed by atoms with E-state index in [1.165, 1.54) is 0 Å². The molecule has 23 heavy (non-hydrogen) atoms. The van der Waals surface area contributed by atoms with Crippen molar-refractivity contribution < 1.29 is 5.11 Å². The van der Waals surface area contributed by atoms with Crippen LogP contribution in [-0.4, -0.2) is 5.11 Å². The van der Waals surface area contributed by atoms with E-state index in [0.717, 1.165) is 32.9 Å². The molecule has 4 aromatic rings. The quantitative estimate of drug-likeness (QED) is 0.445. The molecule has 0 aliphatic rings. The van der Waals surface area contributed by atoms with E-state index < -0.39 is 0 Å². The molecule has 0 bridgehead atoms. The van der Waals surface area contributed by atoms with Crippen LogP contribution in [0.4, 0.5) is 11.4 Å². The van der Waals surface area contributed by atoms with Crippen molar-refractivity contribution in [1.82, 2.24) is 0 Å². The average Bonchev–Trinajstić information content (AvgIpc) is 2.61. The zero-order valence-electron chi connectivity index (χ0n) is 12.3. The molecule has 3 heteroatoms. The van der Waals surface area contributed by atoms with Crippen LogP contribution in [0.25, 0.3) is 21.5 Å². The van der Waals surface area contributed by atoms with Crippen LogP contribution >= 0.6 is 0 Å². The molecule has 0 fully saturated rings. The zero-order chi connectivity index (χ0) is 15.6. The lowest BCUT2D eigenvalue weighted by molar-refractivity contribution is 0.481. The van der Waals surface area contributed by atoms with Gasteiger partial charge in [-0.25, -0.2) is 0 Å². The van der Waals surface area contributed by atoms with Crippen molar-refractivity contribution in [2.75, 3.05) is 0 Å². The van der Waals surface area contributed by atoms with E-state index in [1.54, 1.807) is 12.1 Å². The SMILES string of the molecule is Oc1ccc(N=Nc2cccc3ccccc23)c2ccccc12. The Kier molecular flexibility index (Phi) is 3.24. The lowest BCUT2D eigenvalue weighted by Crippen LogP contribution is -1.75. The first-order valence-electron chi connectivity index (χ1n) is 7.43. The summed E-state index contributed by atoms with van der Waals surface area (Å²) in [6, 6.07) is 25.2. The number of aromatic hydroxyl groups is 1. The van der Waals surface area contributed by atoms with Crippen molar-refractivity contribution in [2.45, 2.75) is 0 Å². The van der Waals surface area contributed by atoms with E-state index in [-0.39, 0.29) is 5.75 Å². The van der Waals surface area contributed by atoms with Gasteiger partial charge in [0.15, 0.2) is 0 Å². The van der Waals surface area contributed by atoms with E-state index in [2.05, 4.69) is 22.4 Å². The number of azo groups is 1. The maximum atomic E-state index is 9.95. The number of nitrogens with zero attached hydrogens (tertiary/aromatic N) is 2. The molecule has 0 unspecified atom stereocenters. The fourth-order valence-electron chi connectivity index (χ4n) is 2.76. The summed E-state index contributed by atoms with van der Waals surface area (Å²) < 4.78 is 0. The van der Waals surface area contributed by atoms with Crippen molar-refractivity contribution in [3.05, 3.63) is 78.9 Å². The van der Waals surface area contributed by atoms with Gasteiger partial charge in [-0.15, -0.1) is 10.2 Å². The van der Waals surface area contributed by atoms with Gasteiger partial charge in [0.1, 0.15) is 5.75 Å². The van der Waals surface area contributed by atoms with Gasteiger partial charge in [0.05, 0.1) is 11.4 Å². The Morgan fingerprint density at radius 2 is 1.13 bits per heavy atom. The van der Waals surface area contributed by atoms with Crippen LogP contribution in [0.2, 0.25) is 0 Å². The van der Waals surface area contributed by atoms with E-state index in [4.69, 9.17) is 0 Å². The van der Waals surface area contributed by atoms with E-state index in [9.17, 15) is 5.11 Å². The largest absolute Gasteiger partial charge is 0.507 e. The number of hydrogen-bond acceptors (Lipinski definition) is 3.